The van der Waals surface area contributed by atoms with E-state index in [1.165, 1.54) is 13.4 Å². The topological polar surface area (TPSA) is 50.5 Å². The minimum atomic E-state index is -4.99. The van der Waals surface area contributed by atoms with E-state index in [2.05, 4.69) is 10.2 Å². The lowest BCUT2D eigenvalue weighted by molar-refractivity contribution is -0.143. The van der Waals surface area contributed by atoms with Crippen LogP contribution in [0.15, 0.2) is 79.1 Å². The Morgan fingerprint density at radius 3 is 2.11 bits per heavy atom. The summed E-state index contributed by atoms with van der Waals surface area (Å²) < 4.78 is 81.8. The van der Waals surface area contributed by atoms with Gasteiger partial charge in [0.1, 0.15) is 6.33 Å². The average molecular weight is 528 g/mol. The zero-order chi connectivity index (χ0) is 27.2. The molecule has 2 heterocycles. The molecule has 11 heteroatoms. The van der Waals surface area contributed by atoms with Crippen molar-refractivity contribution in [1.82, 2.24) is 19.5 Å². The molecule has 194 valence electrons. The second kappa shape index (κ2) is 9.16. The number of carbonyl (C=O) groups is 1. The number of carbonyl (C=O) groups excluding carboxylic acids is 1. The summed E-state index contributed by atoms with van der Waals surface area (Å²) in [5.74, 6) is -0.640. The van der Waals surface area contributed by atoms with Crippen LogP contribution in [0.2, 0.25) is 0 Å². The fourth-order valence-corrected chi connectivity index (χ4v) is 4.48. The highest BCUT2D eigenvalue weighted by molar-refractivity contribution is 6.13. The van der Waals surface area contributed by atoms with Crippen molar-refractivity contribution in [1.29, 1.82) is 0 Å². The van der Waals surface area contributed by atoms with Crippen LogP contribution in [0.25, 0.3) is 27.7 Å². The standard InChI is InChI=1S/C27H18F6N4O/c1-36(14-16-11-18(26(28,29)30)13-19(12-16)27(31,32)33)25(38)23-22(17-7-3-2-4-8-17)20-9-5-6-10-21(20)37-15-34-35-24(23)37/h2-13,15H,14H2,1H3. The molecule has 0 aliphatic carbocycles. The number of benzene rings is 3. The largest absolute Gasteiger partial charge is 0.416 e. The van der Waals surface area contributed by atoms with Gasteiger partial charge in [0.25, 0.3) is 5.91 Å². The van der Waals surface area contributed by atoms with Crippen molar-refractivity contribution in [2.75, 3.05) is 7.05 Å². The van der Waals surface area contributed by atoms with Crippen molar-refractivity contribution < 1.29 is 31.1 Å². The Morgan fingerprint density at radius 1 is 0.868 bits per heavy atom. The molecule has 0 bridgehead atoms. The van der Waals surface area contributed by atoms with Gasteiger partial charge >= 0.3 is 12.4 Å². The summed E-state index contributed by atoms with van der Waals surface area (Å²) in [4.78, 5) is 14.9. The van der Waals surface area contributed by atoms with Gasteiger partial charge in [-0.3, -0.25) is 9.20 Å². The third-order valence-corrected chi connectivity index (χ3v) is 6.14. The number of halogens is 6. The second-order valence-corrected chi connectivity index (χ2v) is 8.73. The van der Waals surface area contributed by atoms with Gasteiger partial charge in [-0.05, 0) is 35.4 Å². The Balaban J connectivity index is 1.66. The van der Waals surface area contributed by atoms with Crippen molar-refractivity contribution in [3.8, 4) is 11.1 Å². The molecule has 0 spiro atoms. The highest BCUT2D eigenvalue weighted by Crippen LogP contribution is 2.38. The third-order valence-electron chi connectivity index (χ3n) is 6.14. The van der Waals surface area contributed by atoms with E-state index < -0.39 is 35.9 Å². The first-order valence-corrected chi connectivity index (χ1v) is 11.3. The van der Waals surface area contributed by atoms with Crippen LogP contribution < -0.4 is 0 Å². The Hall–Kier alpha value is -4.41. The summed E-state index contributed by atoms with van der Waals surface area (Å²) in [6, 6.07) is 17.5. The van der Waals surface area contributed by atoms with E-state index in [0.717, 1.165) is 10.4 Å². The van der Waals surface area contributed by atoms with E-state index in [1.54, 1.807) is 40.8 Å². The minimum Gasteiger partial charge on any atom is -0.337 e. The maximum atomic E-state index is 13.9. The summed E-state index contributed by atoms with van der Waals surface area (Å²) in [6.07, 6.45) is -8.55. The van der Waals surface area contributed by atoms with Crippen LogP contribution in [-0.2, 0) is 18.9 Å². The average Bonchev–Trinajstić information content (AvgIpc) is 3.37. The number of nitrogens with zero attached hydrogens (tertiary/aromatic N) is 4. The number of para-hydroxylation sites is 1. The molecule has 0 atom stereocenters. The van der Waals surface area contributed by atoms with Crippen LogP contribution >= 0.6 is 0 Å². The molecular formula is C27H18F6N4O. The zero-order valence-corrected chi connectivity index (χ0v) is 19.7. The summed E-state index contributed by atoms with van der Waals surface area (Å²) in [7, 11) is 1.31. The molecule has 5 nitrogen and oxygen atoms in total. The summed E-state index contributed by atoms with van der Waals surface area (Å²) >= 11 is 0. The molecule has 0 saturated heterocycles. The maximum absolute atomic E-state index is 13.9. The molecule has 0 aliphatic heterocycles. The van der Waals surface area contributed by atoms with E-state index in [-0.39, 0.29) is 22.8 Å². The first-order chi connectivity index (χ1) is 17.9. The van der Waals surface area contributed by atoms with Gasteiger partial charge in [-0.2, -0.15) is 26.3 Å². The predicted octanol–water partition coefficient (Wildman–Crippen LogP) is 6.86. The number of alkyl halides is 6. The third kappa shape index (κ3) is 4.55. The van der Waals surface area contributed by atoms with E-state index in [0.29, 0.717) is 28.6 Å². The SMILES string of the molecule is CN(Cc1cc(C(F)(F)F)cc(C(F)(F)F)c1)C(=O)c1c(-c2ccccc2)c2ccccc2n2cnnc12. The van der Waals surface area contributed by atoms with Crippen molar-refractivity contribution in [3.05, 3.63) is 101 Å². The van der Waals surface area contributed by atoms with Gasteiger partial charge < -0.3 is 4.90 Å². The van der Waals surface area contributed by atoms with Crippen LogP contribution in [0.3, 0.4) is 0 Å². The minimum absolute atomic E-state index is 0.0574. The molecule has 0 N–H and O–H groups in total. The van der Waals surface area contributed by atoms with Gasteiger partial charge in [0.2, 0.25) is 0 Å². The molecule has 3 aromatic carbocycles. The second-order valence-electron chi connectivity index (χ2n) is 8.73. The van der Waals surface area contributed by atoms with E-state index in [1.807, 2.05) is 18.2 Å². The van der Waals surface area contributed by atoms with Crippen molar-refractivity contribution in [2.45, 2.75) is 18.9 Å². The molecule has 0 saturated carbocycles. The van der Waals surface area contributed by atoms with Crippen molar-refractivity contribution >= 4 is 22.5 Å². The fourth-order valence-electron chi connectivity index (χ4n) is 4.48. The van der Waals surface area contributed by atoms with Crippen LogP contribution in [0.5, 0.6) is 0 Å². The molecule has 2 aromatic heterocycles. The number of fused-ring (bicyclic) bond motifs is 3. The summed E-state index contributed by atoms with van der Waals surface area (Å²) in [6.45, 7) is -0.507. The highest BCUT2D eigenvalue weighted by atomic mass is 19.4. The number of amides is 1. The number of pyridine rings is 1. The lowest BCUT2D eigenvalue weighted by Gasteiger charge is -2.22. The maximum Gasteiger partial charge on any atom is 0.416 e. The van der Waals surface area contributed by atoms with Gasteiger partial charge in [-0.15, -0.1) is 10.2 Å². The normalized spacial score (nSPS) is 12.3. The zero-order valence-electron chi connectivity index (χ0n) is 19.7. The van der Waals surface area contributed by atoms with Crippen molar-refractivity contribution in [2.24, 2.45) is 0 Å². The molecule has 0 radical (unpaired) electrons. The fraction of sp³-hybridized carbons (Fsp3) is 0.148. The molecule has 0 fully saturated rings. The Morgan fingerprint density at radius 2 is 1.47 bits per heavy atom. The quantitative estimate of drug-likeness (QED) is 0.240. The molecular weight excluding hydrogens is 510 g/mol. The molecule has 5 rings (SSSR count). The molecule has 5 aromatic rings. The predicted molar refractivity (Wildman–Crippen MR) is 128 cm³/mol. The van der Waals surface area contributed by atoms with Gasteiger partial charge in [0, 0.05) is 24.5 Å². The Labute approximate surface area is 211 Å². The van der Waals surface area contributed by atoms with Crippen LogP contribution in [0, 0.1) is 0 Å². The lowest BCUT2D eigenvalue weighted by atomic mass is 9.95. The number of aromatic nitrogens is 3. The number of rotatable bonds is 4. The summed E-state index contributed by atoms with van der Waals surface area (Å²) in [5, 5.41) is 8.76. The molecule has 0 aliphatic rings. The number of hydrogen-bond acceptors (Lipinski definition) is 3. The molecule has 38 heavy (non-hydrogen) atoms. The van der Waals surface area contributed by atoms with Gasteiger partial charge in [0.15, 0.2) is 5.65 Å². The smallest absolute Gasteiger partial charge is 0.337 e. The lowest BCUT2D eigenvalue weighted by Crippen LogP contribution is -2.28. The van der Waals surface area contributed by atoms with Crippen LogP contribution in [-0.4, -0.2) is 32.5 Å². The van der Waals surface area contributed by atoms with Crippen LogP contribution in [0.4, 0.5) is 26.3 Å². The van der Waals surface area contributed by atoms with E-state index in [9.17, 15) is 31.1 Å². The van der Waals surface area contributed by atoms with Gasteiger partial charge in [-0.1, -0.05) is 48.5 Å². The first kappa shape index (κ1) is 25.2. The Kier molecular flexibility index (Phi) is 6.09. The Bertz CT molecular complexity index is 1630. The van der Waals surface area contributed by atoms with Crippen molar-refractivity contribution in [3.63, 3.8) is 0 Å². The summed E-state index contributed by atoms with van der Waals surface area (Å²) in [5.41, 5.74) is -0.946. The molecule has 0 unspecified atom stereocenters. The van der Waals surface area contributed by atoms with Gasteiger partial charge in [-0.25, -0.2) is 0 Å². The first-order valence-electron chi connectivity index (χ1n) is 11.3. The molecule has 1 amide bonds. The monoisotopic (exact) mass is 528 g/mol. The highest BCUT2D eigenvalue weighted by Gasteiger charge is 2.37. The van der Waals surface area contributed by atoms with E-state index in [4.69, 9.17) is 0 Å². The van der Waals surface area contributed by atoms with Gasteiger partial charge in [0.05, 0.1) is 22.2 Å². The number of hydrogen-bond donors (Lipinski definition) is 0. The van der Waals surface area contributed by atoms with Crippen LogP contribution in [0.1, 0.15) is 27.0 Å². The van der Waals surface area contributed by atoms with E-state index >= 15 is 0 Å².